The van der Waals surface area contributed by atoms with Gasteiger partial charge in [-0.05, 0) is 64.5 Å². The van der Waals surface area contributed by atoms with Gasteiger partial charge in [0, 0.05) is 21.7 Å². The SMILES string of the molecule is c1ccc2c(c1)Oc1cccc3cc(-c4ccc5oc6ccccc6c5c4)cc-2c13. The van der Waals surface area contributed by atoms with Crippen molar-refractivity contribution in [3.63, 3.8) is 0 Å². The fourth-order valence-corrected chi connectivity index (χ4v) is 4.66. The molecule has 2 nitrogen and oxygen atoms in total. The molecule has 0 bridgehead atoms. The van der Waals surface area contributed by atoms with Crippen LogP contribution in [0.5, 0.6) is 11.5 Å². The van der Waals surface area contributed by atoms with Crippen LogP contribution in [0.25, 0.3) is 55.0 Å². The van der Waals surface area contributed by atoms with Gasteiger partial charge in [0.15, 0.2) is 0 Å². The first kappa shape index (κ1) is 15.8. The van der Waals surface area contributed by atoms with E-state index in [1.54, 1.807) is 0 Å². The van der Waals surface area contributed by atoms with E-state index >= 15 is 0 Å². The van der Waals surface area contributed by atoms with Crippen LogP contribution in [0.3, 0.4) is 0 Å². The van der Waals surface area contributed by atoms with Crippen LogP contribution in [0.15, 0.2) is 101 Å². The number of hydrogen-bond donors (Lipinski definition) is 0. The molecule has 7 rings (SSSR count). The predicted octanol–water partition coefficient (Wildman–Crippen LogP) is 8.18. The van der Waals surface area contributed by atoms with Crippen molar-refractivity contribution in [1.82, 2.24) is 0 Å². The average molecular weight is 384 g/mol. The van der Waals surface area contributed by atoms with Gasteiger partial charge in [0.05, 0.1) is 0 Å². The zero-order valence-electron chi connectivity index (χ0n) is 16.1. The predicted molar refractivity (Wildman–Crippen MR) is 122 cm³/mol. The van der Waals surface area contributed by atoms with E-state index in [0.717, 1.165) is 39.0 Å². The normalized spacial score (nSPS) is 12.3. The molecule has 1 aliphatic heterocycles. The highest BCUT2D eigenvalue weighted by molar-refractivity contribution is 6.09. The van der Waals surface area contributed by atoms with Crippen molar-refractivity contribution < 1.29 is 9.15 Å². The molecule has 30 heavy (non-hydrogen) atoms. The summed E-state index contributed by atoms with van der Waals surface area (Å²) in [7, 11) is 0. The Hall–Kier alpha value is -4.04. The molecule has 2 heteroatoms. The standard InChI is InChI=1S/C28H16O2/c1-3-9-24-20(7-1)22-15-17(12-13-26(22)29-24)19-14-18-6-5-11-27-28(18)23(16-19)21-8-2-4-10-25(21)30-27/h1-16H. The molecule has 140 valence electrons. The number of ether oxygens (including phenoxy) is 1. The zero-order chi connectivity index (χ0) is 19.7. The van der Waals surface area contributed by atoms with Gasteiger partial charge in [-0.3, -0.25) is 0 Å². The van der Waals surface area contributed by atoms with Gasteiger partial charge in [0.2, 0.25) is 0 Å². The summed E-state index contributed by atoms with van der Waals surface area (Å²) in [5.41, 5.74) is 6.58. The van der Waals surface area contributed by atoms with E-state index in [2.05, 4.69) is 66.7 Å². The van der Waals surface area contributed by atoms with Crippen LogP contribution in [0, 0.1) is 0 Å². The van der Waals surface area contributed by atoms with E-state index < -0.39 is 0 Å². The summed E-state index contributed by atoms with van der Waals surface area (Å²) in [5, 5.41) is 4.66. The van der Waals surface area contributed by atoms with Crippen molar-refractivity contribution in [1.29, 1.82) is 0 Å². The molecule has 1 aromatic heterocycles. The molecule has 2 heterocycles. The summed E-state index contributed by atoms with van der Waals surface area (Å²) in [4.78, 5) is 0. The van der Waals surface area contributed by atoms with E-state index in [0.29, 0.717) is 0 Å². The van der Waals surface area contributed by atoms with Crippen molar-refractivity contribution in [2.24, 2.45) is 0 Å². The zero-order valence-corrected chi connectivity index (χ0v) is 16.1. The monoisotopic (exact) mass is 384 g/mol. The summed E-state index contributed by atoms with van der Waals surface area (Å²) < 4.78 is 12.2. The Morgan fingerprint density at radius 1 is 0.500 bits per heavy atom. The lowest BCUT2D eigenvalue weighted by molar-refractivity contribution is 0.487. The minimum atomic E-state index is 0.908. The Balaban J connectivity index is 1.53. The van der Waals surface area contributed by atoms with Gasteiger partial charge >= 0.3 is 0 Å². The largest absolute Gasteiger partial charge is 0.456 e. The molecule has 6 aromatic rings. The summed E-state index contributed by atoms with van der Waals surface area (Å²) in [6.07, 6.45) is 0. The number of benzene rings is 5. The van der Waals surface area contributed by atoms with E-state index in [9.17, 15) is 0 Å². The van der Waals surface area contributed by atoms with Gasteiger partial charge in [-0.1, -0.05) is 54.6 Å². The highest BCUT2D eigenvalue weighted by Gasteiger charge is 2.20. The van der Waals surface area contributed by atoms with E-state index in [1.807, 2.05) is 30.3 Å². The Morgan fingerprint density at radius 3 is 2.33 bits per heavy atom. The first-order valence-electron chi connectivity index (χ1n) is 10.1. The van der Waals surface area contributed by atoms with Crippen LogP contribution in [-0.2, 0) is 0 Å². The second kappa shape index (κ2) is 5.74. The minimum absolute atomic E-state index is 0.908. The maximum absolute atomic E-state index is 6.18. The van der Waals surface area contributed by atoms with Crippen molar-refractivity contribution in [3.8, 4) is 33.8 Å². The van der Waals surface area contributed by atoms with Crippen LogP contribution in [0.1, 0.15) is 0 Å². The molecule has 0 saturated heterocycles. The maximum Gasteiger partial charge on any atom is 0.135 e. The molecular weight excluding hydrogens is 368 g/mol. The van der Waals surface area contributed by atoms with Crippen molar-refractivity contribution in [3.05, 3.63) is 97.1 Å². The van der Waals surface area contributed by atoms with Gasteiger partial charge in [-0.2, -0.15) is 0 Å². The van der Waals surface area contributed by atoms with Gasteiger partial charge in [-0.25, -0.2) is 0 Å². The number of hydrogen-bond acceptors (Lipinski definition) is 2. The average Bonchev–Trinajstić information content (AvgIpc) is 3.17. The number of rotatable bonds is 1. The van der Waals surface area contributed by atoms with E-state index in [4.69, 9.17) is 9.15 Å². The second-order valence-corrected chi connectivity index (χ2v) is 7.79. The molecular formula is C28H16O2. The van der Waals surface area contributed by atoms with Gasteiger partial charge in [0.1, 0.15) is 22.7 Å². The van der Waals surface area contributed by atoms with Crippen LogP contribution in [0.4, 0.5) is 0 Å². The molecule has 0 unspecified atom stereocenters. The maximum atomic E-state index is 6.18. The fourth-order valence-electron chi connectivity index (χ4n) is 4.66. The van der Waals surface area contributed by atoms with Crippen LogP contribution in [0.2, 0.25) is 0 Å². The van der Waals surface area contributed by atoms with Gasteiger partial charge < -0.3 is 9.15 Å². The molecule has 1 aliphatic rings. The highest BCUT2D eigenvalue weighted by atomic mass is 16.5. The topological polar surface area (TPSA) is 22.4 Å². The molecule has 0 N–H and O–H groups in total. The Kier molecular flexibility index (Phi) is 3.03. The minimum Gasteiger partial charge on any atom is -0.456 e. The highest BCUT2D eigenvalue weighted by Crippen LogP contribution is 2.48. The van der Waals surface area contributed by atoms with Gasteiger partial charge in [-0.15, -0.1) is 0 Å². The summed E-state index contributed by atoms with van der Waals surface area (Å²) >= 11 is 0. The third-order valence-electron chi connectivity index (χ3n) is 6.05. The smallest absolute Gasteiger partial charge is 0.135 e. The summed E-state index contributed by atoms with van der Waals surface area (Å²) in [6.45, 7) is 0. The molecule has 0 radical (unpaired) electrons. The van der Waals surface area contributed by atoms with Crippen molar-refractivity contribution >= 4 is 32.7 Å². The molecule has 0 saturated carbocycles. The molecule has 0 amide bonds. The number of fused-ring (bicyclic) bond motifs is 5. The first-order valence-corrected chi connectivity index (χ1v) is 10.1. The summed E-state index contributed by atoms with van der Waals surface area (Å²) in [6, 6.07) is 33.7. The lowest BCUT2D eigenvalue weighted by atomic mass is 9.90. The number of furan rings is 1. The lowest BCUT2D eigenvalue weighted by Gasteiger charge is -2.22. The Bertz CT molecular complexity index is 1620. The molecule has 0 spiro atoms. The van der Waals surface area contributed by atoms with Crippen molar-refractivity contribution in [2.45, 2.75) is 0 Å². The second-order valence-electron chi connectivity index (χ2n) is 7.79. The van der Waals surface area contributed by atoms with Crippen LogP contribution >= 0.6 is 0 Å². The van der Waals surface area contributed by atoms with Gasteiger partial charge in [0.25, 0.3) is 0 Å². The third kappa shape index (κ3) is 2.13. The number of para-hydroxylation sites is 2. The lowest BCUT2D eigenvalue weighted by Crippen LogP contribution is -1.97. The van der Waals surface area contributed by atoms with Crippen molar-refractivity contribution in [2.75, 3.05) is 0 Å². The fraction of sp³-hybridized carbons (Fsp3) is 0. The Morgan fingerprint density at radius 2 is 1.33 bits per heavy atom. The third-order valence-corrected chi connectivity index (χ3v) is 6.05. The Labute approximate surface area is 172 Å². The molecule has 5 aromatic carbocycles. The van der Waals surface area contributed by atoms with E-state index in [1.165, 1.54) is 27.5 Å². The molecule has 0 aliphatic carbocycles. The summed E-state index contributed by atoms with van der Waals surface area (Å²) in [5.74, 6) is 1.83. The molecule has 0 fully saturated rings. The first-order chi connectivity index (χ1) is 14.8. The van der Waals surface area contributed by atoms with Crippen LogP contribution < -0.4 is 4.74 Å². The van der Waals surface area contributed by atoms with Crippen LogP contribution in [-0.4, -0.2) is 0 Å². The molecule has 0 atom stereocenters. The van der Waals surface area contributed by atoms with E-state index in [-0.39, 0.29) is 0 Å². The quantitative estimate of drug-likeness (QED) is 0.285.